The Kier molecular flexibility index (Phi) is 3.69. The van der Waals surface area contributed by atoms with E-state index in [4.69, 9.17) is 4.74 Å². The molecule has 0 aliphatic carbocycles. The molecule has 2 aromatic carbocycles. The van der Waals surface area contributed by atoms with E-state index in [0.717, 1.165) is 11.3 Å². The van der Waals surface area contributed by atoms with E-state index in [9.17, 15) is 9.59 Å². The first-order valence-electron chi connectivity index (χ1n) is 7.67. The van der Waals surface area contributed by atoms with Gasteiger partial charge >= 0.3 is 6.03 Å². The molecule has 1 unspecified atom stereocenters. The van der Waals surface area contributed by atoms with E-state index in [0.29, 0.717) is 11.4 Å². The number of anilines is 1. The topological polar surface area (TPSA) is 49.9 Å². The molecule has 0 saturated carbocycles. The Hall–Kier alpha value is -2.47. The van der Waals surface area contributed by atoms with Crippen molar-refractivity contribution in [3.05, 3.63) is 60.2 Å². The van der Waals surface area contributed by atoms with Crippen LogP contribution in [0.4, 0.5) is 10.5 Å². The van der Waals surface area contributed by atoms with Crippen LogP contribution in [0, 0.1) is 0 Å². The summed E-state index contributed by atoms with van der Waals surface area (Å²) in [6.45, 7) is 0. The number of carbonyl (C=O) groups is 2. The van der Waals surface area contributed by atoms with Gasteiger partial charge in [0, 0.05) is 5.75 Å². The molecule has 24 heavy (non-hydrogen) atoms. The summed E-state index contributed by atoms with van der Waals surface area (Å²) in [5, 5.41) is -0.147. The molecule has 2 saturated heterocycles. The second-order valence-corrected chi connectivity index (χ2v) is 6.79. The fourth-order valence-corrected chi connectivity index (χ4v) is 4.54. The molecular formula is C18H16N2O3S. The maximum atomic E-state index is 12.9. The number of carbonyl (C=O) groups excluding carboxylic acids is 2. The summed E-state index contributed by atoms with van der Waals surface area (Å²) in [4.78, 5) is 28.6. The van der Waals surface area contributed by atoms with Crippen molar-refractivity contribution >= 4 is 29.4 Å². The Morgan fingerprint density at radius 2 is 1.75 bits per heavy atom. The van der Waals surface area contributed by atoms with Crippen LogP contribution in [0.5, 0.6) is 5.75 Å². The summed E-state index contributed by atoms with van der Waals surface area (Å²) in [6.07, 6.45) is 0. The minimum Gasteiger partial charge on any atom is -0.497 e. The third-order valence-corrected chi connectivity index (χ3v) is 5.66. The van der Waals surface area contributed by atoms with Gasteiger partial charge in [-0.3, -0.25) is 9.69 Å². The highest BCUT2D eigenvalue weighted by Crippen LogP contribution is 2.46. The fourth-order valence-electron chi connectivity index (χ4n) is 3.13. The quantitative estimate of drug-likeness (QED) is 0.805. The molecule has 2 aliphatic heterocycles. The molecule has 0 N–H and O–H groups in total. The van der Waals surface area contributed by atoms with Gasteiger partial charge in [0.25, 0.3) is 5.91 Å². The van der Waals surface area contributed by atoms with Gasteiger partial charge in [0.15, 0.2) is 0 Å². The smallest absolute Gasteiger partial charge is 0.333 e. The van der Waals surface area contributed by atoms with Crippen LogP contribution in [0.2, 0.25) is 0 Å². The van der Waals surface area contributed by atoms with Crippen molar-refractivity contribution in [1.82, 2.24) is 4.90 Å². The van der Waals surface area contributed by atoms with Crippen LogP contribution in [0.15, 0.2) is 54.6 Å². The molecule has 0 spiro atoms. The zero-order valence-corrected chi connectivity index (χ0v) is 13.9. The number of ether oxygens (including phenoxy) is 1. The number of thioether (sulfide) groups is 1. The summed E-state index contributed by atoms with van der Waals surface area (Å²) in [5.74, 6) is 1.24. The van der Waals surface area contributed by atoms with E-state index >= 15 is 0 Å². The number of methoxy groups -OCH3 is 1. The van der Waals surface area contributed by atoms with E-state index in [1.165, 1.54) is 4.90 Å². The Balaban J connectivity index is 1.65. The van der Waals surface area contributed by atoms with Crippen LogP contribution in [0.3, 0.4) is 0 Å². The van der Waals surface area contributed by atoms with Gasteiger partial charge in [-0.1, -0.05) is 30.3 Å². The maximum absolute atomic E-state index is 12.9. The molecule has 2 aliphatic rings. The number of imide groups is 1. The predicted octanol–water partition coefficient (Wildman–Crippen LogP) is 3.28. The molecule has 0 bridgehead atoms. The van der Waals surface area contributed by atoms with Crippen molar-refractivity contribution in [1.29, 1.82) is 0 Å². The zero-order valence-electron chi connectivity index (χ0n) is 13.1. The third kappa shape index (κ3) is 2.26. The van der Waals surface area contributed by atoms with Gasteiger partial charge in [-0.05, 0) is 29.8 Å². The lowest BCUT2D eigenvalue weighted by Gasteiger charge is -2.23. The van der Waals surface area contributed by atoms with Crippen molar-refractivity contribution in [3.63, 3.8) is 0 Å². The number of hydrogen-bond donors (Lipinski definition) is 0. The van der Waals surface area contributed by atoms with Crippen LogP contribution in [0.25, 0.3) is 0 Å². The van der Waals surface area contributed by atoms with E-state index in [-0.39, 0.29) is 17.3 Å². The lowest BCUT2D eigenvalue weighted by molar-refractivity contribution is -0.119. The van der Waals surface area contributed by atoms with Crippen LogP contribution < -0.4 is 9.64 Å². The Morgan fingerprint density at radius 1 is 1.04 bits per heavy atom. The molecule has 6 heteroatoms. The van der Waals surface area contributed by atoms with Crippen molar-refractivity contribution in [2.75, 3.05) is 17.8 Å². The third-order valence-electron chi connectivity index (χ3n) is 4.33. The van der Waals surface area contributed by atoms with Gasteiger partial charge in [-0.2, -0.15) is 0 Å². The normalized spacial score (nSPS) is 22.9. The first-order valence-corrected chi connectivity index (χ1v) is 8.72. The Morgan fingerprint density at radius 3 is 2.42 bits per heavy atom. The maximum Gasteiger partial charge on any atom is 0.333 e. The van der Waals surface area contributed by atoms with Gasteiger partial charge in [0.2, 0.25) is 0 Å². The minimum atomic E-state index is -0.394. The average Bonchev–Trinajstić information content (AvgIpc) is 3.17. The SMILES string of the molecule is COc1ccc(C2SC[C@@H]3C(=O)N(c4ccccc4)C(=O)N23)cc1. The number of rotatable bonds is 3. The molecule has 2 aromatic rings. The standard InChI is InChI=1S/C18H16N2O3S/c1-23-14-9-7-12(8-10-14)17-20-15(11-24-17)16(21)19(18(20)22)13-5-3-2-4-6-13/h2-10,15,17H,11H2,1H3/t15-,17?/m1/s1. The second kappa shape index (κ2) is 5.87. The number of benzene rings is 2. The molecule has 2 heterocycles. The number of amides is 3. The lowest BCUT2D eigenvalue weighted by atomic mass is 10.2. The highest BCUT2D eigenvalue weighted by Gasteiger charge is 2.53. The minimum absolute atomic E-state index is 0.144. The van der Waals surface area contributed by atoms with Crippen LogP contribution in [-0.4, -0.2) is 35.7 Å². The summed E-state index contributed by atoms with van der Waals surface area (Å²) in [6, 6.07) is 16.1. The number of urea groups is 1. The average molecular weight is 340 g/mol. The summed E-state index contributed by atoms with van der Waals surface area (Å²) >= 11 is 1.62. The first-order chi connectivity index (χ1) is 11.7. The fraction of sp³-hybridized carbons (Fsp3) is 0.222. The molecule has 122 valence electrons. The van der Waals surface area contributed by atoms with Gasteiger partial charge in [0.1, 0.15) is 17.2 Å². The Labute approximate surface area is 144 Å². The predicted molar refractivity (Wildman–Crippen MR) is 93.1 cm³/mol. The van der Waals surface area contributed by atoms with E-state index in [1.807, 2.05) is 42.5 Å². The summed E-state index contributed by atoms with van der Waals surface area (Å²) in [7, 11) is 1.62. The molecule has 0 aromatic heterocycles. The number of hydrogen-bond acceptors (Lipinski definition) is 4. The van der Waals surface area contributed by atoms with E-state index in [1.54, 1.807) is 35.9 Å². The molecule has 2 fully saturated rings. The number of fused-ring (bicyclic) bond motifs is 1. The van der Waals surface area contributed by atoms with Gasteiger partial charge in [-0.15, -0.1) is 11.8 Å². The summed E-state index contributed by atoms with van der Waals surface area (Å²) < 4.78 is 5.18. The molecule has 5 nitrogen and oxygen atoms in total. The largest absolute Gasteiger partial charge is 0.497 e. The van der Waals surface area contributed by atoms with Gasteiger partial charge < -0.3 is 4.74 Å². The highest BCUT2D eigenvalue weighted by atomic mass is 32.2. The van der Waals surface area contributed by atoms with Crippen LogP contribution >= 0.6 is 11.8 Å². The Bertz CT molecular complexity index is 779. The zero-order chi connectivity index (χ0) is 16.7. The van der Waals surface area contributed by atoms with Gasteiger partial charge in [-0.25, -0.2) is 9.69 Å². The van der Waals surface area contributed by atoms with Gasteiger partial charge in [0.05, 0.1) is 12.8 Å². The van der Waals surface area contributed by atoms with E-state index < -0.39 is 6.04 Å². The molecule has 0 radical (unpaired) electrons. The monoisotopic (exact) mass is 340 g/mol. The summed E-state index contributed by atoms with van der Waals surface area (Å²) in [5.41, 5.74) is 1.62. The van der Waals surface area contributed by atoms with E-state index in [2.05, 4.69) is 0 Å². The number of para-hydroxylation sites is 1. The lowest BCUT2D eigenvalue weighted by Crippen LogP contribution is -2.33. The number of nitrogens with zero attached hydrogens (tertiary/aromatic N) is 2. The highest BCUT2D eigenvalue weighted by molar-refractivity contribution is 7.99. The second-order valence-electron chi connectivity index (χ2n) is 5.67. The first kappa shape index (κ1) is 15.1. The molecule has 2 atom stereocenters. The molecule has 4 rings (SSSR count). The van der Waals surface area contributed by atoms with Crippen LogP contribution in [-0.2, 0) is 4.79 Å². The van der Waals surface area contributed by atoms with Crippen molar-refractivity contribution in [2.24, 2.45) is 0 Å². The molecule has 3 amide bonds. The van der Waals surface area contributed by atoms with Crippen molar-refractivity contribution in [3.8, 4) is 5.75 Å². The molecular weight excluding hydrogens is 324 g/mol. The van der Waals surface area contributed by atoms with Crippen molar-refractivity contribution in [2.45, 2.75) is 11.4 Å². The van der Waals surface area contributed by atoms with Crippen LogP contribution in [0.1, 0.15) is 10.9 Å². The van der Waals surface area contributed by atoms with Crippen molar-refractivity contribution < 1.29 is 14.3 Å².